The molecular formula is C17H24Cl2FN5S. The topological polar surface area (TPSA) is 35.5 Å². The van der Waals surface area contributed by atoms with Crippen molar-refractivity contribution in [3.05, 3.63) is 35.6 Å². The number of hydrogen-bond donors (Lipinski definition) is 0. The Morgan fingerprint density at radius 1 is 1.19 bits per heavy atom. The summed E-state index contributed by atoms with van der Waals surface area (Å²) in [6.07, 6.45) is 0. The van der Waals surface area contributed by atoms with Crippen molar-refractivity contribution in [3.8, 4) is 0 Å². The van der Waals surface area contributed by atoms with Crippen molar-refractivity contribution in [2.75, 3.05) is 50.6 Å². The molecule has 26 heavy (non-hydrogen) atoms. The average molecular weight is 420 g/mol. The monoisotopic (exact) mass is 419 g/mol. The minimum absolute atomic E-state index is 0. The maximum absolute atomic E-state index is 13.7. The van der Waals surface area contributed by atoms with E-state index in [4.69, 9.17) is 0 Å². The molecule has 2 aromatic rings. The summed E-state index contributed by atoms with van der Waals surface area (Å²) in [6.45, 7) is 3.00. The summed E-state index contributed by atoms with van der Waals surface area (Å²) in [6, 6.07) is 7.33. The van der Waals surface area contributed by atoms with Gasteiger partial charge in [0.1, 0.15) is 5.82 Å². The van der Waals surface area contributed by atoms with Crippen LogP contribution in [0.4, 0.5) is 15.5 Å². The van der Waals surface area contributed by atoms with Gasteiger partial charge in [0.25, 0.3) is 0 Å². The lowest BCUT2D eigenvalue weighted by atomic mass is 9.89. The summed E-state index contributed by atoms with van der Waals surface area (Å²) < 4.78 is 18.1. The zero-order valence-corrected chi connectivity index (χ0v) is 17.5. The smallest absolute Gasteiger partial charge is 0.238 e. The average Bonchev–Trinajstić information content (AvgIpc) is 3.20. The van der Waals surface area contributed by atoms with Gasteiger partial charge in [-0.25, -0.2) is 4.39 Å². The molecule has 0 spiro atoms. The van der Waals surface area contributed by atoms with Crippen LogP contribution in [-0.4, -0.2) is 55.0 Å². The quantitative estimate of drug-likeness (QED) is 0.762. The molecule has 0 N–H and O–H groups in total. The molecule has 5 nitrogen and oxygen atoms in total. The van der Waals surface area contributed by atoms with Crippen molar-refractivity contribution in [2.45, 2.75) is 6.04 Å². The van der Waals surface area contributed by atoms with Crippen molar-refractivity contribution in [1.29, 1.82) is 0 Å². The second-order valence-corrected chi connectivity index (χ2v) is 7.77. The van der Waals surface area contributed by atoms with Crippen LogP contribution in [0.1, 0.15) is 11.6 Å². The highest BCUT2D eigenvalue weighted by Crippen LogP contribution is 2.45. The Morgan fingerprint density at radius 3 is 2.62 bits per heavy atom. The summed E-state index contributed by atoms with van der Waals surface area (Å²) in [4.78, 5) is 11.3. The Kier molecular flexibility index (Phi) is 6.71. The van der Waals surface area contributed by atoms with Crippen LogP contribution in [-0.2, 0) is 0 Å². The van der Waals surface area contributed by atoms with Crippen LogP contribution in [0, 0.1) is 17.7 Å². The first kappa shape index (κ1) is 21.2. The van der Waals surface area contributed by atoms with Gasteiger partial charge in [0.2, 0.25) is 11.1 Å². The van der Waals surface area contributed by atoms with Gasteiger partial charge in [-0.15, -0.1) is 24.8 Å². The second kappa shape index (κ2) is 8.25. The molecule has 2 saturated heterocycles. The third-order valence-corrected chi connectivity index (χ3v) is 5.93. The fraction of sp³-hybridized carbons (Fsp3) is 0.529. The van der Waals surface area contributed by atoms with E-state index in [0.717, 1.165) is 36.3 Å². The summed E-state index contributed by atoms with van der Waals surface area (Å²) in [5.41, 5.74) is 1.08. The predicted molar refractivity (Wildman–Crippen MR) is 110 cm³/mol. The van der Waals surface area contributed by atoms with Crippen molar-refractivity contribution in [3.63, 3.8) is 0 Å². The molecule has 0 aliphatic carbocycles. The highest BCUT2D eigenvalue weighted by atomic mass is 35.5. The zero-order valence-electron chi connectivity index (χ0n) is 15.0. The third kappa shape index (κ3) is 3.76. The molecule has 0 unspecified atom stereocenters. The molecule has 0 saturated carbocycles. The highest BCUT2D eigenvalue weighted by Gasteiger charge is 2.46. The van der Waals surface area contributed by atoms with Crippen LogP contribution in [0.25, 0.3) is 0 Å². The molecule has 2 aliphatic rings. The molecule has 9 heteroatoms. The Labute approximate surface area is 170 Å². The van der Waals surface area contributed by atoms with Gasteiger partial charge in [-0.1, -0.05) is 12.1 Å². The molecule has 0 amide bonds. The number of benzene rings is 1. The van der Waals surface area contributed by atoms with E-state index in [1.807, 2.05) is 31.1 Å². The van der Waals surface area contributed by atoms with Gasteiger partial charge in [0.05, 0.1) is 0 Å². The van der Waals surface area contributed by atoms with E-state index < -0.39 is 0 Å². The second-order valence-electron chi connectivity index (χ2n) is 7.04. The van der Waals surface area contributed by atoms with E-state index >= 15 is 0 Å². The van der Waals surface area contributed by atoms with Crippen LogP contribution in [0.15, 0.2) is 24.3 Å². The Balaban J connectivity index is 0.00000121. The standard InChI is InChI=1S/C17H22FN5S.2ClH/c1-21(2)16-19-17(24-20-16)23-9-12-8-22(3)15(14(12)10-23)11-5-4-6-13(18)7-11;;/h4-7,12,14-15H,8-10H2,1-3H3;2*1H/t12-,14+,15-;;/m0../s1. The first-order valence-corrected chi connectivity index (χ1v) is 9.02. The fourth-order valence-electron chi connectivity index (χ4n) is 4.12. The number of rotatable bonds is 3. The predicted octanol–water partition coefficient (Wildman–Crippen LogP) is 3.33. The minimum atomic E-state index is -0.154. The van der Waals surface area contributed by atoms with Gasteiger partial charge >= 0.3 is 0 Å². The van der Waals surface area contributed by atoms with Gasteiger partial charge in [0, 0.05) is 57.2 Å². The van der Waals surface area contributed by atoms with Crippen LogP contribution >= 0.6 is 36.3 Å². The normalized spacial score (nSPS) is 24.8. The number of hydrogen-bond acceptors (Lipinski definition) is 6. The maximum Gasteiger partial charge on any atom is 0.238 e. The molecule has 2 fully saturated rings. The molecule has 3 heterocycles. The Hall–Kier alpha value is -1.15. The molecule has 144 valence electrons. The maximum atomic E-state index is 13.7. The number of anilines is 2. The number of nitrogens with zero attached hydrogens (tertiary/aromatic N) is 5. The van der Waals surface area contributed by atoms with Crippen molar-refractivity contribution >= 4 is 47.4 Å². The van der Waals surface area contributed by atoms with Crippen molar-refractivity contribution in [1.82, 2.24) is 14.3 Å². The fourth-order valence-corrected chi connectivity index (χ4v) is 4.88. The van der Waals surface area contributed by atoms with Gasteiger partial charge in [-0.2, -0.15) is 9.36 Å². The Morgan fingerprint density at radius 2 is 1.96 bits per heavy atom. The number of halogens is 3. The molecule has 4 rings (SSSR count). The summed E-state index contributed by atoms with van der Waals surface area (Å²) in [7, 11) is 6.06. The molecule has 0 radical (unpaired) electrons. The van der Waals surface area contributed by atoms with E-state index in [2.05, 4.69) is 26.2 Å². The first-order chi connectivity index (χ1) is 11.5. The van der Waals surface area contributed by atoms with E-state index in [-0.39, 0.29) is 36.7 Å². The largest absolute Gasteiger partial charge is 0.346 e. The summed E-state index contributed by atoms with van der Waals surface area (Å²) >= 11 is 1.46. The van der Waals surface area contributed by atoms with Crippen LogP contribution < -0.4 is 9.80 Å². The molecule has 2 aliphatic heterocycles. The SMILES string of the molecule is CN(C)c1nsc(N2C[C@@H]3CN(C)[C@@H](c4cccc(F)c4)[C@@H]3C2)n1.Cl.Cl. The van der Waals surface area contributed by atoms with Gasteiger partial charge in [-0.05, 0) is 30.7 Å². The zero-order chi connectivity index (χ0) is 16.8. The van der Waals surface area contributed by atoms with Gasteiger partial charge in [0.15, 0.2) is 0 Å². The van der Waals surface area contributed by atoms with Crippen molar-refractivity contribution in [2.24, 2.45) is 11.8 Å². The lowest BCUT2D eigenvalue weighted by Gasteiger charge is -2.26. The lowest BCUT2D eigenvalue weighted by molar-refractivity contribution is 0.279. The molecule has 3 atom stereocenters. The summed E-state index contributed by atoms with van der Waals surface area (Å²) in [5.74, 6) is 1.71. The van der Waals surface area contributed by atoms with Gasteiger partial charge < -0.3 is 9.80 Å². The highest BCUT2D eigenvalue weighted by molar-refractivity contribution is 7.09. The minimum Gasteiger partial charge on any atom is -0.346 e. The molecule has 1 aromatic heterocycles. The molecule has 0 bridgehead atoms. The lowest BCUT2D eigenvalue weighted by Crippen LogP contribution is -2.29. The van der Waals surface area contributed by atoms with Crippen LogP contribution in [0.2, 0.25) is 0 Å². The van der Waals surface area contributed by atoms with Crippen LogP contribution in [0.3, 0.4) is 0 Å². The van der Waals surface area contributed by atoms with Crippen molar-refractivity contribution < 1.29 is 4.39 Å². The van der Waals surface area contributed by atoms with Crippen LogP contribution in [0.5, 0.6) is 0 Å². The van der Waals surface area contributed by atoms with E-state index in [0.29, 0.717) is 11.8 Å². The van der Waals surface area contributed by atoms with Gasteiger partial charge in [-0.3, -0.25) is 4.90 Å². The van der Waals surface area contributed by atoms with E-state index in [9.17, 15) is 4.39 Å². The number of likely N-dealkylation sites (tertiary alicyclic amines) is 1. The Bertz CT molecular complexity index is 743. The number of aromatic nitrogens is 2. The van der Waals surface area contributed by atoms with E-state index in [1.54, 1.807) is 6.07 Å². The molecular weight excluding hydrogens is 396 g/mol. The molecule has 1 aromatic carbocycles. The number of fused-ring (bicyclic) bond motifs is 1. The summed E-state index contributed by atoms with van der Waals surface area (Å²) in [5, 5.41) is 0.994. The third-order valence-electron chi connectivity index (χ3n) is 5.16. The van der Waals surface area contributed by atoms with E-state index in [1.165, 1.54) is 17.6 Å². The first-order valence-electron chi connectivity index (χ1n) is 8.24.